The fraction of sp³-hybridized carbons (Fsp3) is 0.130. The molecule has 0 radical (unpaired) electrons. The molecule has 0 saturated heterocycles. The number of H-pyrrole nitrogens is 1. The summed E-state index contributed by atoms with van der Waals surface area (Å²) in [7, 11) is 0. The number of pyridine rings is 1. The van der Waals surface area contributed by atoms with Gasteiger partial charge >= 0.3 is 6.18 Å². The van der Waals surface area contributed by atoms with Crippen molar-refractivity contribution < 1.29 is 17.9 Å². The minimum atomic E-state index is -4.50. The molecule has 1 N–H and O–H groups in total. The predicted octanol–water partition coefficient (Wildman–Crippen LogP) is 4.52. The highest BCUT2D eigenvalue weighted by atomic mass is 32.2. The van der Waals surface area contributed by atoms with E-state index in [9.17, 15) is 23.2 Å². The number of halogens is 3. The Hall–Kier alpha value is -4.24. The van der Waals surface area contributed by atoms with Crippen molar-refractivity contribution in [2.24, 2.45) is 0 Å². The van der Waals surface area contributed by atoms with E-state index in [4.69, 9.17) is 4.74 Å². The molecule has 4 rings (SSSR count). The smallest absolute Gasteiger partial charge is 0.417 e. The fourth-order valence-corrected chi connectivity index (χ4v) is 3.74. The second-order valence-electron chi connectivity index (χ2n) is 7.18. The molecule has 176 valence electrons. The molecule has 0 atom stereocenters. The SMILES string of the molecule is N#Cc1cc(CSc2nc(=O)c(Cc3cncnc3)c[nH]2)ccc1Oc1ccc(C(F)(F)F)cn1. The quantitative estimate of drug-likeness (QED) is 0.293. The maximum absolute atomic E-state index is 12.7. The van der Waals surface area contributed by atoms with Gasteiger partial charge in [0.2, 0.25) is 5.88 Å². The lowest BCUT2D eigenvalue weighted by molar-refractivity contribution is -0.137. The summed E-state index contributed by atoms with van der Waals surface area (Å²) < 4.78 is 43.5. The summed E-state index contributed by atoms with van der Waals surface area (Å²) in [6.07, 6.45) is 2.78. The van der Waals surface area contributed by atoms with Crippen LogP contribution in [-0.4, -0.2) is 24.9 Å². The van der Waals surface area contributed by atoms with E-state index in [-0.39, 0.29) is 22.8 Å². The number of rotatable bonds is 7. The Bertz CT molecular complexity index is 1420. The van der Waals surface area contributed by atoms with Crippen LogP contribution >= 0.6 is 11.8 Å². The van der Waals surface area contributed by atoms with Crippen LogP contribution in [0, 0.1) is 11.3 Å². The average Bonchev–Trinajstić information content (AvgIpc) is 2.85. The lowest BCUT2D eigenvalue weighted by Crippen LogP contribution is -2.14. The zero-order valence-corrected chi connectivity index (χ0v) is 18.6. The summed E-state index contributed by atoms with van der Waals surface area (Å²) in [6.45, 7) is 0. The summed E-state index contributed by atoms with van der Waals surface area (Å²) >= 11 is 1.28. The molecule has 0 amide bonds. The third kappa shape index (κ3) is 6.21. The molecule has 12 heteroatoms. The number of nitrogens with one attached hydrogen (secondary N) is 1. The van der Waals surface area contributed by atoms with Gasteiger partial charge in [-0.3, -0.25) is 4.79 Å². The number of ether oxygens (including phenoxy) is 1. The van der Waals surface area contributed by atoms with Gasteiger partial charge in [-0.15, -0.1) is 0 Å². The van der Waals surface area contributed by atoms with Crippen LogP contribution in [0.15, 0.2) is 71.4 Å². The molecule has 3 heterocycles. The summed E-state index contributed by atoms with van der Waals surface area (Å²) in [5.41, 5.74) is 0.957. The van der Waals surface area contributed by atoms with Crippen LogP contribution in [0.1, 0.15) is 27.8 Å². The summed E-state index contributed by atoms with van der Waals surface area (Å²) in [6, 6.07) is 8.78. The van der Waals surface area contributed by atoms with E-state index in [2.05, 4.69) is 24.9 Å². The van der Waals surface area contributed by atoms with E-state index in [1.807, 2.05) is 6.07 Å². The molecule has 0 bridgehead atoms. The molecule has 4 aromatic rings. The first-order valence-corrected chi connectivity index (χ1v) is 11.0. The molecule has 0 fully saturated rings. The first-order valence-electron chi connectivity index (χ1n) is 10.0. The van der Waals surface area contributed by atoms with Crippen LogP contribution in [0.2, 0.25) is 0 Å². The second kappa shape index (κ2) is 10.4. The highest BCUT2D eigenvalue weighted by Gasteiger charge is 2.30. The molecular formula is C23H15F3N6O2S. The first-order chi connectivity index (χ1) is 16.8. The first kappa shape index (κ1) is 23.9. The minimum absolute atomic E-state index is 0.0689. The third-order valence-electron chi connectivity index (χ3n) is 4.67. The Morgan fingerprint density at radius 2 is 1.89 bits per heavy atom. The molecule has 0 aliphatic carbocycles. The summed E-state index contributed by atoms with van der Waals surface area (Å²) in [5, 5.41) is 9.88. The van der Waals surface area contributed by atoms with E-state index in [0.717, 1.165) is 23.3 Å². The Morgan fingerprint density at radius 3 is 2.54 bits per heavy atom. The summed E-state index contributed by atoms with van der Waals surface area (Å²) in [5.74, 6) is 0.498. The topological polar surface area (TPSA) is 117 Å². The van der Waals surface area contributed by atoms with E-state index in [1.54, 1.807) is 30.7 Å². The maximum Gasteiger partial charge on any atom is 0.417 e. The standard InChI is InChI=1S/C23H15F3N6O2S/c24-23(25,26)18-2-4-20(30-11-18)34-19-3-1-14(5-16(19)7-27)12-35-22-31-10-17(21(33)32-22)6-15-8-28-13-29-9-15/h1-5,8-11,13H,6,12H2,(H,31,32,33). The Kier molecular flexibility index (Phi) is 7.07. The monoisotopic (exact) mass is 496 g/mol. The van der Waals surface area contributed by atoms with Crippen LogP contribution < -0.4 is 10.3 Å². The number of thioether (sulfide) groups is 1. The Morgan fingerprint density at radius 1 is 1.09 bits per heavy atom. The van der Waals surface area contributed by atoms with Crippen molar-refractivity contribution in [3.8, 4) is 17.7 Å². The maximum atomic E-state index is 12.7. The average molecular weight is 496 g/mol. The largest absolute Gasteiger partial charge is 0.438 e. The number of alkyl halides is 3. The van der Waals surface area contributed by atoms with Gasteiger partial charge in [0.1, 0.15) is 18.1 Å². The number of aromatic amines is 1. The van der Waals surface area contributed by atoms with E-state index in [0.29, 0.717) is 29.1 Å². The van der Waals surface area contributed by atoms with Gasteiger partial charge in [-0.25, -0.2) is 15.0 Å². The molecule has 0 aliphatic heterocycles. The normalized spacial score (nSPS) is 11.1. The van der Waals surface area contributed by atoms with Gasteiger partial charge < -0.3 is 9.72 Å². The lowest BCUT2D eigenvalue weighted by Gasteiger charge is -2.10. The van der Waals surface area contributed by atoms with Crippen LogP contribution in [-0.2, 0) is 18.3 Å². The lowest BCUT2D eigenvalue weighted by atomic mass is 10.1. The van der Waals surface area contributed by atoms with E-state index < -0.39 is 11.7 Å². The van der Waals surface area contributed by atoms with Crippen molar-refractivity contribution in [2.75, 3.05) is 0 Å². The van der Waals surface area contributed by atoms with Crippen molar-refractivity contribution in [1.29, 1.82) is 5.26 Å². The van der Waals surface area contributed by atoms with Crippen molar-refractivity contribution in [3.63, 3.8) is 0 Å². The second-order valence-corrected chi connectivity index (χ2v) is 8.14. The number of benzene rings is 1. The van der Waals surface area contributed by atoms with Gasteiger partial charge in [0, 0.05) is 48.6 Å². The number of hydrogen-bond donors (Lipinski definition) is 1. The van der Waals surface area contributed by atoms with Crippen molar-refractivity contribution in [1.82, 2.24) is 24.9 Å². The molecule has 0 aliphatic rings. The van der Waals surface area contributed by atoms with Gasteiger partial charge in [0.15, 0.2) is 5.16 Å². The van der Waals surface area contributed by atoms with Gasteiger partial charge in [0.25, 0.3) is 5.56 Å². The molecule has 8 nitrogen and oxygen atoms in total. The molecule has 1 aromatic carbocycles. The van der Waals surface area contributed by atoms with Crippen molar-refractivity contribution >= 4 is 11.8 Å². The van der Waals surface area contributed by atoms with Gasteiger partial charge in [-0.2, -0.15) is 23.4 Å². The van der Waals surface area contributed by atoms with E-state index in [1.165, 1.54) is 24.2 Å². The minimum Gasteiger partial charge on any atom is -0.438 e. The molecule has 3 aromatic heterocycles. The van der Waals surface area contributed by atoms with Crippen molar-refractivity contribution in [2.45, 2.75) is 23.5 Å². The molecular weight excluding hydrogens is 481 g/mol. The predicted molar refractivity (Wildman–Crippen MR) is 120 cm³/mol. The third-order valence-corrected chi connectivity index (χ3v) is 5.63. The van der Waals surface area contributed by atoms with Gasteiger partial charge in [-0.05, 0) is 29.3 Å². The van der Waals surface area contributed by atoms with Gasteiger partial charge in [-0.1, -0.05) is 17.8 Å². The zero-order valence-electron chi connectivity index (χ0n) is 17.8. The fourth-order valence-electron chi connectivity index (χ4n) is 2.96. The Labute approximate surface area is 200 Å². The van der Waals surface area contributed by atoms with Crippen molar-refractivity contribution in [3.05, 3.63) is 99.6 Å². The summed E-state index contributed by atoms with van der Waals surface area (Å²) in [4.78, 5) is 30.9. The molecule has 0 saturated carbocycles. The highest BCUT2D eigenvalue weighted by Crippen LogP contribution is 2.31. The molecule has 35 heavy (non-hydrogen) atoms. The van der Waals surface area contributed by atoms with Crippen LogP contribution in [0.5, 0.6) is 11.6 Å². The van der Waals surface area contributed by atoms with Gasteiger partial charge in [0.05, 0.1) is 11.1 Å². The van der Waals surface area contributed by atoms with Crippen LogP contribution in [0.25, 0.3) is 0 Å². The number of nitrogens with zero attached hydrogens (tertiary/aromatic N) is 5. The number of hydrogen-bond acceptors (Lipinski definition) is 8. The van der Waals surface area contributed by atoms with Crippen LogP contribution in [0.4, 0.5) is 13.2 Å². The Balaban J connectivity index is 1.41. The number of aromatic nitrogens is 5. The molecule has 0 unspecified atom stereocenters. The van der Waals surface area contributed by atoms with E-state index >= 15 is 0 Å². The zero-order chi connectivity index (χ0) is 24.8. The molecule has 0 spiro atoms. The number of nitriles is 1. The highest BCUT2D eigenvalue weighted by molar-refractivity contribution is 7.98. The van der Waals surface area contributed by atoms with Crippen LogP contribution in [0.3, 0.4) is 0 Å².